The average molecular weight is 613 g/mol. The van der Waals surface area contributed by atoms with Gasteiger partial charge in [-0.05, 0) is 61.9 Å². The summed E-state index contributed by atoms with van der Waals surface area (Å²) < 4.78 is 34.2. The van der Waals surface area contributed by atoms with Gasteiger partial charge in [0.2, 0.25) is 11.8 Å². The van der Waals surface area contributed by atoms with Crippen LogP contribution in [0, 0.1) is 6.92 Å². The lowest BCUT2D eigenvalue weighted by molar-refractivity contribution is -0.139. The number of benzene rings is 3. The van der Waals surface area contributed by atoms with Crippen molar-refractivity contribution in [2.75, 3.05) is 25.0 Å². The highest BCUT2D eigenvalue weighted by atomic mass is 35.5. The summed E-state index contributed by atoms with van der Waals surface area (Å²) in [4.78, 5) is 27.7. The smallest absolute Gasteiger partial charge is 0.264 e. The number of hydrogen-bond donors (Lipinski definition) is 1. The first-order valence-electron chi connectivity index (χ1n) is 11.8. The minimum Gasteiger partial charge on any atom is -0.495 e. The van der Waals surface area contributed by atoms with E-state index >= 15 is 0 Å². The van der Waals surface area contributed by atoms with Crippen molar-refractivity contribution in [2.45, 2.75) is 31.3 Å². The van der Waals surface area contributed by atoms with Crippen LogP contribution in [0.2, 0.25) is 15.1 Å². The summed E-state index contributed by atoms with van der Waals surface area (Å²) in [5.74, 6) is -0.911. The number of sulfonamides is 1. The zero-order valence-corrected chi connectivity index (χ0v) is 24.8. The van der Waals surface area contributed by atoms with E-state index in [0.29, 0.717) is 15.6 Å². The number of carbonyl (C=O) groups is 2. The SMILES string of the molecule is CNC(=O)[C@@H](C)N(Cc1ccc(Cl)cc1Cl)C(=O)CN(c1cc(Cl)ccc1OC)S(=O)(=O)c1ccc(C)cc1. The molecule has 3 aromatic rings. The molecule has 0 heterocycles. The number of anilines is 1. The summed E-state index contributed by atoms with van der Waals surface area (Å²) in [7, 11) is -1.45. The number of rotatable bonds is 10. The maximum atomic E-state index is 13.9. The second-order valence-electron chi connectivity index (χ2n) is 8.69. The Hall–Kier alpha value is -2.98. The predicted octanol–water partition coefficient (Wildman–Crippen LogP) is 5.32. The van der Waals surface area contributed by atoms with E-state index in [0.717, 1.165) is 9.87 Å². The molecule has 0 saturated carbocycles. The van der Waals surface area contributed by atoms with Gasteiger partial charge in [-0.15, -0.1) is 0 Å². The molecule has 0 unspecified atom stereocenters. The molecule has 0 aromatic heterocycles. The van der Waals surface area contributed by atoms with Crippen molar-refractivity contribution in [2.24, 2.45) is 0 Å². The molecule has 3 aromatic carbocycles. The van der Waals surface area contributed by atoms with Crippen molar-refractivity contribution in [3.63, 3.8) is 0 Å². The lowest BCUT2D eigenvalue weighted by Gasteiger charge is -2.32. The molecular weight excluding hydrogens is 585 g/mol. The van der Waals surface area contributed by atoms with Crippen molar-refractivity contribution >= 4 is 62.3 Å². The maximum Gasteiger partial charge on any atom is 0.264 e. The van der Waals surface area contributed by atoms with Crippen molar-refractivity contribution in [1.82, 2.24) is 10.2 Å². The number of ether oxygens (including phenoxy) is 1. The largest absolute Gasteiger partial charge is 0.495 e. The highest BCUT2D eigenvalue weighted by Gasteiger charge is 2.34. The van der Waals surface area contributed by atoms with Gasteiger partial charge >= 0.3 is 0 Å². The quantitative estimate of drug-likeness (QED) is 0.334. The number of hydrogen-bond acceptors (Lipinski definition) is 5. The molecule has 0 aliphatic heterocycles. The highest BCUT2D eigenvalue weighted by Crippen LogP contribution is 2.35. The van der Waals surface area contributed by atoms with Gasteiger partial charge in [-0.25, -0.2) is 8.42 Å². The second-order valence-corrected chi connectivity index (χ2v) is 11.8. The van der Waals surface area contributed by atoms with Crippen LogP contribution in [0.4, 0.5) is 5.69 Å². The molecule has 0 fully saturated rings. The molecule has 208 valence electrons. The van der Waals surface area contributed by atoms with Gasteiger partial charge in [0.1, 0.15) is 18.3 Å². The van der Waals surface area contributed by atoms with Crippen molar-refractivity contribution in [3.8, 4) is 5.75 Å². The molecule has 12 heteroatoms. The third-order valence-electron chi connectivity index (χ3n) is 6.07. The van der Waals surface area contributed by atoms with Crippen LogP contribution in [0.1, 0.15) is 18.1 Å². The van der Waals surface area contributed by atoms with E-state index < -0.39 is 34.4 Å². The zero-order valence-electron chi connectivity index (χ0n) is 21.7. The Balaban J connectivity index is 2.12. The minimum absolute atomic E-state index is 0.0328. The van der Waals surface area contributed by atoms with Gasteiger partial charge in [0.25, 0.3) is 10.0 Å². The fourth-order valence-corrected chi connectivity index (χ4v) is 5.88. The topological polar surface area (TPSA) is 96.0 Å². The van der Waals surface area contributed by atoms with E-state index in [1.54, 1.807) is 37.3 Å². The lowest BCUT2D eigenvalue weighted by Crippen LogP contribution is -2.50. The Bertz CT molecular complexity index is 1470. The third kappa shape index (κ3) is 7.16. The van der Waals surface area contributed by atoms with Crippen LogP contribution in [-0.4, -0.2) is 51.9 Å². The van der Waals surface area contributed by atoms with Crippen molar-refractivity contribution < 1.29 is 22.7 Å². The Morgan fingerprint density at radius 3 is 2.18 bits per heavy atom. The van der Waals surface area contributed by atoms with Crippen LogP contribution < -0.4 is 14.4 Å². The molecule has 0 aliphatic rings. The number of nitrogens with zero attached hydrogens (tertiary/aromatic N) is 2. The lowest BCUT2D eigenvalue weighted by atomic mass is 10.1. The monoisotopic (exact) mass is 611 g/mol. The van der Waals surface area contributed by atoms with Gasteiger partial charge in [0, 0.05) is 28.7 Å². The van der Waals surface area contributed by atoms with Gasteiger partial charge in [0.15, 0.2) is 0 Å². The Labute approximate surface area is 243 Å². The molecule has 0 bridgehead atoms. The van der Waals surface area contributed by atoms with Gasteiger partial charge in [-0.3, -0.25) is 13.9 Å². The third-order valence-corrected chi connectivity index (χ3v) is 8.66. The van der Waals surface area contributed by atoms with E-state index in [1.807, 2.05) is 6.92 Å². The molecule has 8 nitrogen and oxygen atoms in total. The number of likely N-dealkylation sites (N-methyl/N-ethyl adjacent to an activating group) is 1. The van der Waals surface area contributed by atoms with Crippen molar-refractivity contribution in [1.29, 1.82) is 0 Å². The van der Waals surface area contributed by atoms with Crippen molar-refractivity contribution in [3.05, 3.63) is 86.9 Å². The molecule has 0 aliphatic carbocycles. The van der Waals surface area contributed by atoms with Crippen LogP contribution in [0.5, 0.6) is 5.75 Å². The van der Waals surface area contributed by atoms with Gasteiger partial charge in [0.05, 0.1) is 17.7 Å². The van der Waals surface area contributed by atoms with E-state index in [1.165, 1.54) is 49.4 Å². The fourth-order valence-electron chi connectivity index (χ4n) is 3.83. The summed E-state index contributed by atoms with van der Waals surface area (Å²) in [5.41, 5.74) is 1.46. The predicted molar refractivity (Wildman–Crippen MR) is 154 cm³/mol. The Kier molecular flexibility index (Phi) is 10.1. The first kappa shape index (κ1) is 30.6. The number of nitrogens with one attached hydrogen (secondary N) is 1. The Morgan fingerprint density at radius 2 is 1.59 bits per heavy atom. The molecule has 0 spiro atoms. The fraction of sp³-hybridized carbons (Fsp3) is 0.259. The molecule has 0 radical (unpaired) electrons. The summed E-state index contributed by atoms with van der Waals surface area (Å²) >= 11 is 18.6. The summed E-state index contributed by atoms with van der Waals surface area (Å²) in [5, 5.41) is 3.47. The van der Waals surface area contributed by atoms with E-state index in [-0.39, 0.29) is 27.9 Å². The van der Waals surface area contributed by atoms with Crippen LogP contribution in [0.15, 0.2) is 65.6 Å². The standard InChI is InChI=1S/C27H28Cl3N3O5S/c1-17-5-10-22(11-6-17)39(36,37)33(24-14-21(29)9-12-25(24)38-4)16-26(34)32(18(2)27(35)31-3)15-19-7-8-20(28)13-23(19)30/h5-14,18H,15-16H2,1-4H3,(H,31,35)/t18-/m1/s1. The van der Waals surface area contributed by atoms with Crippen LogP contribution in [-0.2, 0) is 26.2 Å². The molecule has 2 amide bonds. The number of carbonyl (C=O) groups excluding carboxylic acids is 2. The van der Waals surface area contributed by atoms with Gasteiger partial charge in [-0.1, -0.05) is 58.6 Å². The maximum absolute atomic E-state index is 13.9. The number of amides is 2. The van der Waals surface area contributed by atoms with E-state index in [2.05, 4.69) is 5.32 Å². The average Bonchev–Trinajstić information content (AvgIpc) is 2.90. The first-order valence-corrected chi connectivity index (χ1v) is 14.3. The molecule has 1 atom stereocenters. The Morgan fingerprint density at radius 1 is 0.974 bits per heavy atom. The molecule has 0 saturated heterocycles. The minimum atomic E-state index is -4.28. The number of halogens is 3. The van der Waals surface area contributed by atoms with Crippen LogP contribution in [0.3, 0.4) is 0 Å². The number of methoxy groups -OCH3 is 1. The summed E-state index contributed by atoms with van der Waals surface area (Å²) in [6.45, 7) is 2.64. The number of aryl methyl sites for hydroxylation is 1. The summed E-state index contributed by atoms with van der Waals surface area (Å²) in [6, 6.07) is 14.5. The summed E-state index contributed by atoms with van der Waals surface area (Å²) in [6.07, 6.45) is 0. The normalized spacial score (nSPS) is 12.0. The van der Waals surface area contributed by atoms with E-state index in [4.69, 9.17) is 39.5 Å². The van der Waals surface area contributed by atoms with E-state index in [9.17, 15) is 18.0 Å². The highest BCUT2D eigenvalue weighted by molar-refractivity contribution is 7.92. The zero-order chi connectivity index (χ0) is 28.9. The second kappa shape index (κ2) is 12.9. The molecule has 3 rings (SSSR count). The van der Waals surface area contributed by atoms with Gasteiger partial charge in [-0.2, -0.15) is 0 Å². The van der Waals surface area contributed by atoms with Crippen LogP contribution in [0.25, 0.3) is 0 Å². The van der Waals surface area contributed by atoms with Crippen LogP contribution >= 0.6 is 34.8 Å². The molecular formula is C27H28Cl3N3O5S. The molecule has 39 heavy (non-hydrogen) atoms. The van der Waals surface area contributed by atoms with Gasteiger partial charge < -0.3 is 15.0 Å². The first-order chi connectivity index (χ1) is 18.4. The molecule has 1 N–H and O–H groups in total.